The Morgan fingerprint density at radius 2 is 1.88 bits per heavy atom. The Kier molecular flexibility index (Phi) is 3.01. The summed E-state index contributed by atoms with van der Waals surface area (Å²) >= 11 is 1.59. The predicted octanol–water partition coefficient (Wildman–Crippen LogP) is 1.98. The average Bonchev–Trinajstić information content (AvgIpc) is 2.76. The zero-order valence-electron chi connectivity index (χ0n) is 9.89. The summed E-state index contributed by atoms with van der Waals surface area (Å²) in [5.74, 6) is 0.118. The fraction of sp³-hybridized carbons (Fsp3) is 0.667. The van der Waals surface area contributed by atoms with Crippen molar-refractivity contribution in [2.75, 3.05) is 31.1 Å². The van der Waals surface area contributed by atoms with Crippen LogP contribution >= 0.6 is 11.3 Å². The molecule has 0 N–H and O–H groups in total. The number of hydrogen-bond donors (Lipinski definition) is 0. The second-order valence-corrected chi connectivity index (χ2v) is 5.55. The van der Waals surface area contributed by atoms with Gasteiger partial charge in [0.15, 0.2) is 5.13 Å². The number of amides is 1. The quantitative estimate of drug-likeness (QED) is 0.806. The molecule has 2 saturated heterocycles. The molecule has 5 heteroatoms. The van der Waals surface area contributed by atoms with Crippen molar-refractivity contribution in [2.24, 2.45) is 0 Å². The van der Waals surface area contributed by atoms with Gasteiger partial charge in [0.1, 0.15) is 5.69 Å². The molecule has 3 rings (SSSR count). The molecule has 1 aromatic heterocycles. The van der Waals surface area contributed by atoms with E-state index in [0.29, 0.717) is 5.69 Å². The minimum Gasteiger partial charge on any atom is -0.348 e. The van der Waals surface area contributed by atoms with Gasteiger partial charge in [-0.2, -0.15) is 0 Å². The van der Waals surface area contributed by atoms with Crippen molar-refractivity contribution in [3.05, 3.63) is 11.1 Å². The van der Waals surface area contributed by atoms with E-state index in [0.717, 1.165) is 44.2 Å². The predicted molar refractivity (Wildman–Crippen MR) is 68.7 cm³/mol. The first kappa shape index (κ1) is 11.0. The van der Waals surface area contributed by atoms with Gasteiger partial charge >= 0.3 is 0 Å². The molecular weight excluding hydrogens is 234 g/mol. The van der Waals surface area contributed by atoms with E-state index < -0.39 is 0 Å². The number of anilines is 1. The lowest BCUT2D eigenvalue weighted by Crippen LogP contribution is -2.37. The highest BCUT2D eigenvalue weighted by molar-refractivity contribution is 7.14. The van der Waals surface area contributed by atoms with Crippen molar-refractivity contribution in [3.8, 4) is 0 Å². The molecule has 0 aromatic carbocycles. The van der Waals surface area contributed by atoms with Gasteiger partial charge in [-0.05, 0) is 25.7 Å². The number of likely N-dealkylation sites (tertiary alicyclic amines) is 1. The molecule has 2 fully saturated rings. The van der Waals surface area contributed by atoms with Crippen molar-refractivity contribution in [1.29, 1.82) is 0 Å². The van der Waals surface area contributed by atoms with Crippen molar-refractivity contribution in [2.45, 2.75) is 25.7 Å². The van der Waals surface area contributed by atoms with Crippen LogP contribution in [0.15, 0.2) is 5.38 Å². The molecule has 0 unspecified atom stereocenters. The van der Waals surface area contributed by atoms with Crippen LogP contribution in [0.1, 0.15) is 36.2 Å². The third-order valence-corrected chi connectivity index (χ3v) is 4.38. The second-order valence-electron chi connectivity index (χ2n) is 4.71. The van der Waals surface area contributed by atoms with Crippen LogP contribution in [0.2, 0.25) is 0 Å². The number of piperidine rings is 1. The maximum absolute atomic E-state index is 12.2. The van der Waals surface area contributed by atoms with Crippen LogP contribution in [0.25, 0.3) is 0 Å². The van der Waals surface area contributed by atoms with Crippen LogP contribution < -0.4 is 4.90 Å². The van der Waals surface area contributed by atoms with E-state index >= 15 is 0 Å². The molecule has 0 radical (unpaired) electrons. The van der Waals surface area contributed by atoms with Crippen molar-refractivity contribution in [3.63, 3.8) is 0 Å². The van der Waals surface area contributed by atoms with Crippen LogP contribution in [0, 0.1) is 0 Å². The summed E-state index contributed by atoms with van der Waals surface area (Å²) in [7, 11) is 0. The lowest BCUT2D eigenvalue weighted by atomic mass is 10.1. The highest BCUT2D eigenvalue weighted by Crippen LogP contribution is 2.25. The van der Waals surface area contributed by atoms with Crippen LogP contribution in [-0.4, -0.2) is 42.0 Å². The number of aromatic nitrogens is 1. The van der Waals surface area contributed by atoms with Gasteiger partial charge in [0.2, 0.25) is 0 Å². The summed E-state index contributed by atoms with van der Waals surface area (Å²) in [5.41, 5.74) is 0.638. The average molecular weight is 251 g/mol. The fourth-order valence-corrected chi connectivity index (χ4v) is 3.13. The summed E-state index contributed by atoms with van der Waals surface area (Å²) in [4.78, 5) is 20.8. The Bertz CT molecular complexity index is 408. The minimum atomic E-state index is 0.118. The first-order valence-electron chi connectivity index (χ1n) is 6.34. The molecule has 1 amide bonds. The van der Waals surface area contributed by atoms with Crippen LogP contribution in [-0.2, 0) is 0 Å². The van der Waals surface area contributed by atoms with Gasteiger partial charge in [0.25, 0.3) is 5.91 Å². The highest BCUT2D eigenvalue weighted by atomic mass is 32.1. The topological polar surface area (TPSA) is 36.4 Å². The molecule has 0 bridgehead atoms. The Morgan fingerprint density at radius 1 is 1.12 bits per heavy atom. The van der Waals surface area contributed by atoms with Crippen molar-refractivity contribution in [1.82, 2.24) is 9.88 Å². The lowest BCUT2D eigenvalue weighted by molar-refractivity contribution is 0.0719. The Morgan fingerprint density at radius 3 is 2.53 bits per heavy atom. The maximum atomic E-state index is 12.2. The molecule has 0 atom stereocenters. The van der Waals surface area contributed by atoms with E-state index in [9.17, 15) is 4.79 Å². The van der Waals surface area contributed by atoms with Gasteiger partial charge in [-0.3, -0.25) is 4.79 Å². The molecule has 0 saturated carbocycles. The fourth-order valence-electron chi connectivity index (χ4n) is 2.27. The molecule has 0 spiro atoms. The third kappa shape index (κ3) is 2.16. The number of carbonyl (C=O) groups excluding carboxylic acids is 1. The Balaban J connectivity index is 1.69. The monoisotopic (exact) mass is 251 g/mol. The van der Waals surface area contributed by atoms with E-state index in [1.165, 1.54) is 12.8 Å². The minimum absolute atomic E-state index is 0.118. The Labute approximate surface area is 105 Å². The van der Waals surface area contributed by atoms with Gasteiger partial charge in [-0.15, -0.1) is 11.3 Å². The molecule has 3 heterocycles. The first-order chi connectivity index (χ1) is 8.34. The van der Waals surface area contributed by atoms with Gasteiger partial charge in [0.05, 0.1) is 0 Å². The van der Waals surface area contributed by atoms with Crippen LogP contribution in [0.4, 0.5) is 5.13 Å². The van der Waals surface area contributed by atoms with E-state index in [4.69, 9.17) is 0 Å². The molecule has 92 valence electrons. The zero-order valence-corrected chi connectivity index (χ0v) is 10.7. The highest BCUT2D eigenvalue weighted by Gasteiger charge is 2.23. The van der Waals surface area contributed by atoms with E-state index in [2.05, 4.69) is 9.88 Å². The lowest BCUT2D eigenvalue weighted by Gasteiger charge is -2.30. The normalized spacial score (nSPS) is 20.2. The van der Waals surface area contributed by atoms with E-state index in [1.807, 2.05) is 10.3 Å². The third-order valence-electron chi connectivity index (χ3n) is 3.48. The number of hydrogen-bond acceptors (Lipinski definition) is 4. The molecule has 2 aliphatic heterocycles. The molecule has 4 nitrogen and oxygen atoms in total. The molecular formula is C12H17N3OS. The number of carbonyl (C=O) groups is 1. The van der Waals surface area contributed by atoms with Crippen molar-refractivity contribution >= 4 is 22.4 Å². The molecule has 1 aromatic rings. The summed E-state index contributed by atoms with van der Waals surface area (Å²) in [6.07, 6.45) is 4.76. The smallest absolute Gasteiger partial charge is 0.273 e. The maximum Gasteiger partial charge on any atom is 0.273 e. The molecule has 0 aliphatic carbocycles. The summed E-state index contributed by atoms with van der Waals surface area (Å²) in [5, 5.41) is 2.92. The number of nitrogens with zero attached hydrogens (tertiary/aromatic N) is 3. The Hall–Kier alpha value is -1.10. The van der Waals surface area contributed by atoms with Gasteiger partial charge < -0.3 is 9.80 Å². The van der Waals surface area contributed by atoms with Gasteiger partial charge in [-0.1, -0.05) is 0 Å². The number of thiazole rings is 1. The summed E-state index contributed by atoms with van der Waals surface area (Å²) in [6.45, 7) is 3.97. The molecule has 2 aliphatic rings. The standard InChI is InChI=1S/C12H17N3OS/c16-11(14-5-2-1-3-6-14)10-9-17-12(13-10)15-7-4-8-15/h9H,1-8H2. The first-order valence-corrected chi connectivity index (χ1v) is 7.22. The zero-order chi connectivity index (χ0) is 11.7. The number of rotatable bonds is 2. The second kappa shape index (κ2) is 4.64. The van der Waals surface area contributed by atoms with E-state index in [1.54, 1.807) is 11.3 Å². The van der Waals surface area contributed by atoms with Gasteiger partial charge in [-0.25, -0.2) is 4.98 Å². The SMILES string of the molecule is O=C(c1csc(N2CCC2)n1)N1CCCCC1. The van der Waals surface area contributed by atoms with Crippen LogP contribution in [0.3, 0.4) is 0 Å². The van der Waals surface area contributed by atoms with E-state index in [-0.39, 0.29) is 5.91 Å². The van der Waals surface area contributed by atoms with Crippen LogP contribution in [0.5, 0.6) is 0 Å². The summed E-state index contributed by atoms with van der Waals surface area (Å²) < 4.78 is 0. The molecule has 17 heavy (non-hydrogen) atoms. The largest absolute Gasteiger partial charge is 0.348 e. The van der Waals surface area contributed by atoms with Crippen molar-refractivity contribution < 1.29 is 4.79 Å². The van der Waals surface area contributed by atoms with Gasteiger partial charge in [0, 0.05) is 31.6 Å². The summed E-state index contributed by atoms with van der Waals surface area (Å²) in [6, 6.07) is 0.